The highest BCUT2D eigenvalue weighted by Crippen LogP contribution is 2.19. The Hall–Kier alpha value is -2.33. The summed E-state index contributed by atoms with van der Waals surface area (Å²) in [7, 11) is 1.69. The lowest BCUT2D eigenvalue weighted by Crippen LogP contribution is -2.46. The molecule has 1 aromatic heterocycles. The largest absolute Gasteiger partial charge is 0.497 e. The fraction of sp³-hybridized carbons (Fsp3) is 0.350. The van der Waals surface area contributed by atoms with Crippen LogP contribution in [-0.2, 0) is 0 Å². The Morgan fingerprint density at radius 2 is 1.83 bits per heavy atom. The minimum absolute atomic E-state index is 0.898. The van der Waals surface area contributed by atoms with Gasteiger partial charge in [-0.3, -0.25) is 9.88 Å². The van der Waals surface area contributed by atoms with Crippen molar-refractivity contribution in [1.82, 2.24) is 9.88 Å². The molecular weight excluding hydrogens is 298 g/mol. The van der Waals surface area contributed by atoms with Crippen LogP contribution in [0.3, 0.4) is 0 Å². The van der Waals surface area contributed by atoms with Gasteiger partial charge in [0, 0.05) is 50.8 Å². The third kappa shape index (κ3) is 4.15. The second-order valence-corrected chi connectivity index (χ2v) is 6.13. The molecule has 0 saturated carbocycles. The number of pyridine rings is 1. The molecule has 0 N–H and O–H groups in total. The van der Waals surface area contributed by atoms with E-state index in [1.165, 1.54) is 16.8 Å². The van der Waals surface area contributed by atoms with Crippen LogP contribution in [0.2, 0.25) is 0 Å². The second kappa shape index (κ2) is 7.97. The molecule has 0 aliphatic carbocycles. The van der Waals surface area contributed by atoms with E-state index < -0.39 is 0 Å². The third-order valence-electron chi connectivity index (χ3n) is 4.49. The van der Waals surface area contributed by atoms with Crippen LogP contribution in [0.25, 0.3) is 6.08 Å². The number of ether oxygens (including phenoxy) is 1. The van der Waals surface area contributed by atoms with Gasteiger partial charge in [-0.1, -0.05) is 24.3 Å². The molecule has 1 aliphatic rings. The molecule has 2 heterocycles. The lowest BCUT2D eigenvalue weighted by molar-refractivity contribution is 0.284. The van der Waals surface area contributed by atoms with Crippen LogP contribution in [0, 0.1) is 6.92 Å². The smallest absolute Gasteiger partial charge is 0.118 e. The SMILES string of the molecule is COc1ccc(/C=C/CN2CCN(c3ccncc3C)CC2)cc1. The van der Waals surface area contributed by atoms with Gasteiger partial charge in [-0.05, 0) is 36.2 Å². The van der Waals surface area contributed by atoms with E-state index in [1.807, 2.05) is 24.5 Å². The number of methoxy groups -OCH3 is 1. The highest BCUT2D eigenvalue weighted by Gasteiger charge is 2.17. The zero-order chi connectivity index (χ0) is 16.8. The summed E-state index contributed by atoms with van der Waals surface area (Å²) in [6, 6.07) is 10.3. The van der Waals surface area contributed by atoms with Gasteiger partial charge in [0.05, 0.1) is 7.11 Å². The molecular formula is C20H25N3O. The summed E-state index contributed by atoms with van der Waals surface area (Å²) in [5, 5.41) is 0. The standard InChI is InChI=1S/C20H25N3O/c1-17-16-21-10-9-20(17)23-14-12-22(13-15-23)11-3-4-18-5-7-19(24-2)8-6-18/h3-10,16H,11-15H2,1-2H3/b4-3+. The fourth-order valence-corrected chi connectivity index (χ4v) is 3.05. The summed E-state index contributed by atoms with van der Waals surface area (Å²) in [6.45, 7) is 7.45. The topological polar surface area (TPSA) is 28.6 Å². The molecule has 4 heteroatoms. The summed E-state index contributed by atoms with van der Waals surface area (Å²) in [5.41, 5.74) is 3.78. The van der Waals surface area contributed by atoms with E-state index in [1.54, 1.807) is 7.11 Å². The van der Waals surface area contributed by atoms with Crippen molar-refractivity contribution in [2.45, 2.75) is 6.92 Å². The van der Waals surface area contributed by atoms with E-state index >= 15 is 0 Å². The zero-order valence-corrected chi connectivity index (χ0v) is 14.5. The first-order valence-electron chi connectivity index (χ1n) is 8.45. The van der Waals surface area contributed by atoms with Crippen LogP contribution < -0.4 is 9.64 Å². The van der Waals surface area contributed by atoms with Crippen molar-refractivity contribution >= 4 is 11.8 Å². The quantitative estimate of drug-likeness (QED) is 0.845. The second-order valence-electron chi connectivity index (χ2n) is 6.13. The molecule has 0 spiro atoms. The summed E-state index contributed by atoms with van der Waals surface area (Å²) >= 11 is 0. The zero-order valence-electron chi connectivity index (χ0n) is 14.5. The van der Waals surface area contributed by atoms with Gasteiger partial charge in [0.2, 0.25) is 0 Å². The number of hydrogen-bond acceptors (Lipinski definition) is 4. The van der Waals surface area contributed by atoms with Gasteiger partial charge < -0.3 is 9.64 Å². The molecule has 0 radical (unpaired) electrons. The summed E-state index contributed by atoms with van der Waals surface area (Å²) in [5.74, 6) is 0.898. The van der Waals surface area contributed by atoms with E-state index in [4.69, 9.17) is 4.74 Å². The van der Waals surface area contributed by atoms with Gasteiger partial charge in [0.15, 0.2) is 0 Å². The van der Waals surface area contributed by atoms with Gasteiger partial charge in [0.1, 0.15) is 5.75 Å². The molecule has 0 atom stereocenters. The highest BCUT2D eigenvalue weighted by atomic mass is 16.5. The van der Waals surface area contributed by atoms with Crippen molar-refractivity contribution < 1.29 is 4.74 Å². The maximum absolute atomic E-state index is 5.18. The molecule has 1 saturated heterocycles. The molecule has 1 aliphatic heterocycles. The Balaban J connectivity index is 1.48. The van der Waals surface area contributed by atoms with Crippen LogP contribution in [0.4, 0.5) is 5.69 Å². The number of anilines is 1. The Bertz CT molecular complexity index is 674. The molecule has 4 nitrogen and oxygen atoms in total. The number of nitrogens with zero attached hydrogens (tertiary/aromatic N) is 3. The van der Waals surface area contributed by atoms with Crippen molar-refractivity contribution in [1.29, 1.82) is 0 Å². The normalized spacial score (nSPS) is 15.8. The summed E-state index contributed by atoms with van der Waals surface area (Å²) < 4.78 is 5.18. The van der Waals surface area contributed by atoms with Gasteiger partial charge in [-0.2, -0.15) is 0 Å². The number of piperazine rings is 1. The first kappa shape index (κ1) is 16.5. The maximum atomic E-state index is 5.18. The fourth-order valence-electron chi connectivity index (χ4n) is 3.05. The Morgan fingerprint density at radius 1 is 1.08 bits per heavy atom. The molecule has 0 unspecified atom stereocenters. The number of benzene rings is 1. The van der Waals surface area contributed by atoms with Crippen molar-refractivity contribution in [3.8, 4) is 5.75 Å². The third-order valence-corrected chi connectivity index (χ3v) is 4.49. The number of rotatable bonds is 5. The van der Waals surface area contributed by atoms with Gasteiger partial charge in [-0.15, -0.1) is 0 Å². The van der Waals surface area contributed by atoms with Crippen LogP contribution in [0.1, 0.15) is 11.1 Å². The molecule has 1 aromatic carbocycles. The van der Waals surface area contributed by atoms with Crippen LogP contribution in [-0.4, -0.2) is 49.7 Å². The highest BCUT2D eigenvalue weighted by molar-refractivity contribution is 5.52. The summed E-state index contributed by atoms with van der Waals surface area (Å²) in [4.78, 5) is 9.13. The van der Waals surface area contributed by atoms with E-state index in [0.29, 0.717) is 0 Å². The Kier molecular flexibility index (Phi) is 5.49. The van der Waals surface area contributed by atoms with Crippen LogP contribution in [0.5, 0.6) is 5.75 Å². The van der Waals surface area contributed by atoms with Crippen LogP contribution >= 0.6 is 0 Å². The number of aromatic nitrogens is 1. The lowest BCUT2D eigenvalue weighted by atomic mass is 10.2. The Morgan fingerprint density at radius 3 is 2.50 bits per heavy atom. The molecule has 2 aromatic rings. The first-order valence-corrected chi connectivity index (χ1v) is 8.45. The minimum atomic E-state index is 0.898. The van der Waals surface area contributed by atoms with Crippen molar-refractivity contribution in [2.24, 2.45) is 0 Å². The van der Waals surface area contributed by atoms with E-state index in [9.17, 15) is 0 Å². The van der Waals surface area contributed by atoms with Gasteiger partial charge in [0.25, 0.3) is 0 Å². The monoisotopic (exact) mass is 323 g/mol. The van der Waals surface area contributed by atoms with E-state index in [0.717, 1.165) is 38.5 Å². The first-order chi connectivity index (χ1) is 11.8. The lowest BCUT2D eigenvalue weighted by Gasteiger charge is -2.36. The predicted octanol–water partition coefficient (Wildman–Crippen LogP) is 3.23. The van der Waals surface area contributed by atoms with Crippen molar-refractivity contribution in [3.63, 3.8) is 0 Å². The molecule has 126 valence electrons. The van der Waals surface area contributed by atoms with E-state index in [2.05, 4.69) is 52.1 Å². The molecule has 3 rings (SSSR count). The number of aryl methyl sites for hydroxylation is 1. The average Bonchev–Trinajstić information content (AvgIpc) is 2.63. The number of hydrogen-bond donors (Lipinski definition) is 0. The molecule has 24 heavy (non-hydrogen) atoms. The van der Waals surface area contributed by atoms with Gasteiger partial charge >= 0.3 is 0 Å². The van der Waals surface area contributed by atoms with Crippen molar-refractivity contribution in [2.75, 3.05) is 44.7 Å². The predicted molar refractivity (Wildman–Crippen MR) is 99.7 cm³/mol. The maximum Gasteiger partial charge on any atom is 0.118 e. The van der Waals surface area contributed by atoms with Crippen LogP contribution in [0.15, 0.2) is 48.8 Å². The molecule has 0 amide bonds. The molecule has 1 fully saturated rings. The van der Waals surface area contributed by atoms with E-state index in [-0.39, 0.29) is 0 Å². The summed E-state index contributed by atoms with van der Waals surface area (Å²) in [6.07, 6.45) is 8.25. The van der Waals surface area contributed by atoms with Gasteiger partial charge in [-0.25, -0.2) is 0 Å². The van der Waals surface area contributed by atoms with Crippen molar-refractivity contribution in [3.05, 3.63) is 59.9 Å². The minimum Gasteiger partial charge on any atom is -0.497 e. The Labute approximate surface area is 144 Å². The molecule has 0 bridgehead atoms. The average molecular weight is 323 g/mol.